The van der Waals surface area contributed by atoms with Crippen molar-refractivity contribution in [3.63, 3.8) is 0 Å². The van der Waals surface area contributed by atoms with Gasteiger partial charge in [0, 0.05) is 12.7 Å². The van der Waals surface area contributed by atoms with Crippen LogP contribution in [-0.2, 0) is 13.0 Å². The molecule has 0 saturated heterocycles. The average Bonchev–Trinajstić information content (AvgIpc) is 2.35. The molecule has 3 nitrogen and oxygen atoms in total. The molecule has 3 unspecified atom stereocenters. The minimum absolute atomic E-state index is 0.166. The summed E-state index contributed by atoms with van der Waals surface area (Å²) in [6.45, 7) is 21.1. The summed E-state index contributed by atoms with van der Waals surface area (Å²) in [7, 11) is -4.81. The van der Waals surface area contributed by atoms with Crippen LogP contribution in [0.4, 0.5) is 0 Å². The number of hydrogen-bond donors (Lipinski definition) is 0. The Morgan fingerprint density at radius 2 is 1.60 bits per heavy atom. The van der Waals surface area contributed by atoms with Crippen molar-refractivity contribution >= 4 is 17.1 Å². The minimum atomic E-state index is -2.43. The number of hydrogen-bond acceptors (Lipinski definition) is 3. The van der Waals surface area contributed by atoms with Gasteiger partial charge in [0.15, 0.2) is 0 Å². The highest BCUT2D eigenvalue weighted by Crippen LogP contribution is 2.22. The molecule has 0 heterocycles. The summed E-state index contributed by atoms with van der Waals surface area (Å²) in [6, 6.07) is 0. The van der Waals surface area contributed by atoms with Crippen molar-refractivity contribution < 1.29 is 13.0 Å². The van der Waals surface area contributed by atoms with Gasteiger partial charge in [-0.05, 0) is 38.8 Å². The van der Waals surface area contributed by atoms with Crippen LogP contribution in [0.5, 0.6) is 0 Å². The molecule has 0 N–H and O–H groups in total. The van der Waals surface area contributed by atoms with E-state index in [2.05, 4.69) is 40.9 Å². The lowest BCUT2D eigenvalue weighted by Gasteiger charge is -2.35. The van der Waals surface area contributed by atoms with Gasteiger partial charge < -0.3 is 13.0 Å². The molecule has 0 aliphatic carbocycles. The van der Waals surface area contributed by atoms with Gasteiger partial charge in [0.25, 0.3) is 0 Å². The average molecular weight is 317 g/mol. The Labute approximate surface area is 127 Å². The summed E-state index contributed by atoms with van der Waals surface area (Å²) in [5.74, 6) is 0.604. The van der Waals surface area contributed by atoms with E-state index >= 15 is 0 Å². The molecule has 0 bridgehead atoms. The summed E-state index contributed by atoms with van der Waals surface area (Å²) in [6.07, 6.45) is 2.15. The molecule has 0 radical (unpaired) electrons. The van der Waals surface area contributed by atoms with Crippen LogP contribution in [0.1, 0.15) is 40.5 Å². The maximum absolute atomic E-state index is 6.28. The largest absolute Gasteiger partial charge is 0.409 e. The van der Waals surface area contributed by atoms with Gasteiger partial charge in [-0.15, -0.1) is 13.2 Å². The van der Waals surface area contributed by atoms with E-state index in [9.17, 15) is 0 Å². The Morgan fingerprint density at radius 1 is 1.05 bits per heavy atom. The van der Waals surface area contributed by atoms with Crippen molar-refractivity contribution in [2.75, 3.05) is 6.61 Å². The monoisotopic (exact) mass is 316 g/mol. The molecular weight excluding hydrogens is 284 g/mol. The predicted octanol–water partition coefficient (Wildman–Crippen LogP) is 4.48. The van der Waals surface area contributed by atoms with E-state index in [1.54, 1.807) is 0 Å². The molecule has 20 heavy (non-hydrogen) atoms. The molecule has 0 spiro atoms. The van der Waals surface area contributed by atoms with Gasteiger partial charge in [-0.1, -0.05) is 32.2 Å². The van der Waals surface area contributed by atoms with Crippen LogP contribution < -0.4 is 0 Å². The van der Waals surface area contributed by atoms with Crippen LogP contribution >= 0.6 is 0 Å². The van der Waals surface area contributed by atoms with Crippen molar-refractivity contribution in [1.82, 2.24) is 0 Å². The van der Waals surface area contributed by atoms with E-state index in [4.69, 9.17) is 13.0 Å². The molecule has 5 heteroatoms. The summed E-state index contributed by atoms with van der Waals surface area (Å²) in [5, 5.41) is 0. The fraction of sp³-hybridized carbons (Fsp3) is 0.733. The molecule has 0 aliphatic heterocycles. The summed E-state index contributed by atoms with van der Waals surface area (Å²) in [4.78, 5) is 0. The lowest BCUT2D eigenvalue weighted by molar-refractivity contribution is 0.140. The van der Waals surface area contributed by atoms with Gasteiger partial charge in [-0.25, -0.2) is 0 Å². The lowest BCUT2D eigenvalue weighted by atomic mass is 10.1. The van der Waals surface area contributed by atoms with Crippen LogP contribution in [0.15, 0.2) is 24.6 Å². The maximum Gasteiger partial charge on any atom is 0.352 e. The Bertz CT molecular complexity index is 309. The molecule has 0 aromatic carbocycles. The normalized spacial score (nSPS) is 19.1. The smallest absolute Gasteiger partial charge is 0.352 e. The SMILES string of the molecule is C=C[Si](C)(OCCC)O[Si](C)(C=C)OC(C)CC(C)C. The van der Waals surface area contributed by atoms with Crippen LogP contribution in [0.3, 0.4) is 0 Å². The minimum Gasteiger partial charge on any atom is -0.409 e. The first-order valence-electron chi connectivity index (χ1n) is 7.49. The van der Waals surface area contributed by atoms with Gasteiger partial charge in [0.2, 0.25) is 0 Å². The van der Waals surface area contributed by atoms with E-state index in [1.165, 1.54) is 0 Å². The Kier molecular flexibility index (Phi) is 8.85. The summed E-state index contributed by atoms with van der Waals surface area (Å²) in [5.41, 5.74) is 3.67. The third-order valence-electron chi connectivity index (χ3n) is 2.98. The highest BCUT2D eigenvalue weighted by atomic mass is 28.5. The van der Waals surface area contributed by atoms with Crippen molar-refractivity contribution in [2.45, 2.75) is 59.7 Å². The molecule has 0 saturated carbocycles. The zero-order chi connectivity index (χ0) is 15.8. The zero-order valence-electron chi connectivity index (χ0n) is 14.1. The van der Waals surface area contributed by atoms with E-state index < -0.39 is 17.1 Å². The Hall–Kier alpha value is -0.206. The van der Waals surface area contributed by atoms with Crippen molar-refractivity contribution in [1.29, 1.82) is 0 Å². The highest BCUT2D eigenvalue weighted by molar-refractivity contribution is 6.84. The molecule has 0 rings (SSSR count). The first-order valence-corrected chi connectivity index (χ1v) is 12.3. The van der Waals surface area contributed by atoms with E-state index in [-0.39, 0.29) is 6.10 Å². The molecule has 0 aromatic heterocycles. The van der Waals surface area contributed by atoms with Gasteiger partial charge >= 0.3 is 17.1 Å². The van der Waals surface area contributed by atoms with E-state index in [0.29, 0.717) is 12.5 Å². The number of rotatable bonds is 11. The fourth-order valence-electron chi connectivity index (χ4n) is 2.06. The molecule has 0 aliphatic rings. The molecule has 118 valence electrons. The second-order valence-corrected chi connectivity index (χ2v) is 12.2. The second-order valence-electron chi connectivity index (χ2n) is 5.95. The van der Waals surface area contributed by atoms with Gasteiger partial charge in [0.1, 0.15) is 0 Å². The maximum atomic E-state index is 6.28. The Morgan fingerprint density at radius 3 is 2.00 bits per heavy atom. The van der Waals surface area contributed by atoms with Crippen molar-refractivity contribution in [3.8, 4) is 0 Å². The standard InChI is InChI=1S/C15H32O3Si2/c1-9-12-16-19(7,10-2)18-20(8,11-3)17-15(6)13-14(4)5/h10-11,14-15H,2-3,9,12-13H2,1,4-8H3. The van der Waals surface area contributed by atoms with E-state index in [0.717, 1.165) is 12.8 Å². The third-order valence-corrected chi connectivity index (χ3v) is 9.35. The van der Waals surface area contributed by atoms with Gasteiger partial charge in [0.05, 0.1) is 0 Å². The van der Waals surface area contributed by atoms with Crippen LogP contribution in [-0.4, -0.2) is 29.8 Å². The van der Waals surface area contributed by atoms with Crippen LogP contribution in [0, 0.1) is 5.92 Å². The van der Waals surface area contributed by atoms with Gasteiger partial charge in [-0.3, -0.25) is 0 Å². The van der Waals surface area contributed by atoms with Crippen molar-refractivity contribution in [2.24, 2.45) is 5.92 Å². The highest BCUT2D eigenvalue weighted by Gasteiger charge is 2.40. The van der Waals surface area contributed by atoms with Crippen LogP contribution in [0.2, 0.25) is 13.1 Å². The molecule has 0 fully saturated rings. The topological polar surface area (TPSA) is 27.7 Å². The lowest BCUT2D eigenvalue weighted by Crippen LogP contribution is -2.51. The summed E-state index contributed by atoms with van der Waals surface area (Å²) >= 11 is 0. The fourth-order valence-corrected chi connectivity index (χ4v) is 8.10. The third kappa shape index (κ3) is 7.54. The predicted molar refractivity (Wildman–Crippen MR) is 91.0 cm³/mol. The first kappa shape index (κ1) is 19.8. The molecule has 0 aromatic rings. The quantitative estimate of drug-likeness (QED) is 0.526. The second kappa shape index (κ2) is 8.94. The van der Waals surface area contributed by atoms with Crippen LogP contribution in [0.25, 0.3) is 0 Å². The molecule has 3 atom stereocenters. The summed E-state index contributed by atoms with van der Waals surface area (Å²) < 4.78 is 18.4. The van der Waals surface area contributed by atoms with Gasteiger partial charge in [-0.2, -0.15) is 0 Å². The van der Waals surface area contributed by atoms with Crippen molar-refractivity contribution in [3.05, 3.63) is 24.6 Å². The first-order chi connectivity index (χ1) is 9.20. The molecular formula is C15H32O3Si2. The Balaban J connectivity index is 4.77. The zero-order valence-corrected chi connectivity index (χ0v) is 16.1. The molecule has 0 amide bonds. The van der Waals surface area contributed by atoms with E-state index in [1.807, 2.05) is 24.5 Å².